The van der Waals surface area contributed by atoms with Gasteiger partial charge >= 0.3 is 6.03 Å². The Kier molecular flexibility index (Phi) is 5.00. The second kappa shape index (κ2) is 8.19. The lowest BCUT2D eigenvalue weighted by molar-refractivity contribution is 0.0939. The maximum absolute atomic E-state index is 13.3. The second-order valence-corrected chi connectivity index (χ2v) is 9.52. The monoisotopic (exact) mass is 470 g/mol. The summed E-state index contributed by atoms with van der Waals surface area (Å²) in [6.07, 6.45) is 6.12. The lowest BCUT2D eigenvalue weighted by atomic mass is 10.1. The van der Waals surface area contributed by atoms with Crippen LogP contribution in [0, 0.1) is 0 Å². The summed E-state index contributed by atoms with van der Waals surface area (Å²) in [5.74, 6) is -0.227. The Morgan fingerprint density at radius 3 is 2.74 bits per heavy atom. The Hall–Kier alpha value is -3.82. The summed E-state index contributed by atoms with van der Waals surface area (Å²) < 4.78 is 0. The SMILES string of the molecule is N[C@@H]1CCC[C@@H]1NC(=O)c1sc2nccc3c2c1NC(=O)N3c1ccnc(-c2ccccc2)c1. The molecule has 2 atom stereocenters. The molecular formula is C25H22N6O2S. The number of nitrogens with zero attached hydrogens (tertiary/aromatic N) is 3. The average Bonchev–Trinajstić information content (AvgIpc) is 3.44. The summed E-state index contributed by atoms with van der Waals surface area (Å²) in [6, 6.07) is 14.9. The summed E-state index contributed by atoms with van der Waals surface area (Å²) in [5.41, 5.74) is 9.73. The molecule has 4 heterocycles. The average molecular weight is 471 g/mol. The van der Waals surface area contributed by atoms with Crippen molar-refractivity contribution in [2.45, 2.75) is 31.3 Å². The van der Waals surface area contributed by atoms with Crippen molar-refractivity contribution in [1.82, 2.24) is 15.3 Å². The molecule has 6 rings (SSSR count). The Labute approximate surface area is 199 Å². The zero-order valence-corrected chi connectivity index (χ0v) is 19.0. The van der Waals surface area contributed by atoms with Crippen molar-refractivity contribution < 1.29 is 9.59 Å². The minimum absolute atomic E-state index is 0.0426. The predicted octanol–water partition coefficient (Wildman–Crippen LogP) is 4.65. The number of anilines is 3. The first-order valence-electron chi connectivity index (χ1n) is 11.2. The fourth-order valence-electron chi connectivity index (χ4n) is 4.73. The van der Waals surface area contributed by atoms with E-state index in [1.807, 2.05) is 36.4 Å². The fourth-order valence-corrected chi connectivity index (χ4v) is 5.75. The number of pyridine rings is 2. The van der Waals surface area contributed by atoms with E-state index in [1.165, 1.54) is 11.3 Å². The third-order valence-corrected chi connectivity index (χ3v) is 7.51. The molecule has 1 aliphatic heterocycles. The number of nitrogens with two attached hydrogens (primary N) is 1. The molecule has 3 aromatic heterocycles. The molecule has 1 aromatic carbocycles. The molecule has 9 heteroatoms. The Balaban J connectivity index is 1.41. The fraction of sp³-hybridized carbons (Fsp3) is 0.200. The van der Waals surface area contributed by atoms with Gasteiger partial charge in [0.05, 0.1) is 28.1 Å². The minimum Gasteiger partial charge on any atom is -0.347 e. The van der Waals surface area contributed by atoms with Crippen LogP contribution >= 0.6 is 11.3 Å². The van der Waals surface area contributed by atoms with Crippen LogP contribution in [-0.4, -0.2) is 34.0 Å². The van der Waals surface area contributed by atoms with Crippen LogP contribution in [-0.2, 0) is 0 Å². The molecule has 0 spiro atoms. The van der Waals surface area contributed by atoms with Gasteiger partial charge < -0.3 is 16.4 Å². The Morgan fingerprint density at radius 1 is 1.12 bits per heavy atom. The first kappa shape index (κ1) is 20.8. The van der Waals surface area contributed by atoms with E-state index in [0.29, 0.717) is 26.8 Å². The van der Waals surface area contributed by atoms with Gasteiger partial charge in [0.25, 0.3) is 5.91 Å². The summed E-state index contributed by atoms with van der Waals surface area (Å²) in [6.45, 7) is 0. The summed E-state index contributed by atoms with van der Waals surface area (Å²) >= 11 is 1.28. The topological polar surface area (TPSA) is 113 Å². The number of amides is 3. The zero-order valence-electron chi connectivity index (χ0n) is 18.2. The number of thiophene rings is 1. The van der Waals surface area contributed by atoms with Crippen molar-refractivity contribution in [2.75, 3.05) is 10.2 Å². The van der Waals surface area contributed by atoms with Gasteiger partial charge in [-0.05, 0) is 37.5 Å². The smallest absolute Gasteiger partial charge is 0.331 e. The standard InChI is InChI=1S/C25H22N6O2S/c26-16-7-4-8-17(16)29-23(32)22-21-20-19(10-12-28-24(20)34-22)31(25(33)30-21)15-9-11-27-18(13-15)14-5-2-1-3-6-14/h1-3,5-6,9-13,16-17H,4,7-8,26H2,(H,29,32)(H,30,33)/t16-,17+/m1/s1. The molecule has 4 N–H and O–H groups in total. The number of carbonyl (C=O) groups is 2. The molecule has 1 fully saturated rings. The molecule has 3 amide bonds. The molecule has 0 bridgehead atoms. The van der Waals surface area contributed by atoms with Gasteiger partial charge in [0.2, 0.25) is 0 Å². The highest BCUT2D eigenvalue weighted by Crippen LogP contribution is 2.46. The molecule has 4 aromatic rings. The third kappa shape index (κ3) is 3.41. The normalized spacial score (nSPS) is 19.3. The van der Waals surface area contributed by atoms with Gasteiger partial charge in [-0.15, -0.1) is 11.3 Å². The molecule has 2 aliphatic rings. The van der Waals surface area contributed by atoms with Crippen LogP contribution in [0.25, 0.3) is 21.5 Å². The van der Waals surface area contributed by atoms with E-state index in [0.717, 1.165) is 35.9 Å². The third-order valence-electron chi connectivity index (χ3n) is 6.41. The molecule has 1 saturated carbocycles. The number of hydrogen-bond donors (Lipinski definition) is 3. The molecule has 0 unspecified atom stereocenters. The van der Waals surface area contributed by atoms with E-state index in [-0.39, 0.29) is 24.0 Å². The number of aromatic nitrogens is 2. The van der Waals surface area contributed by atoms with E-state index in [1.54, 1.807) is 29.4 Å². The highest BCUT2D eigenvalue weighted by Gasteiger charge is 2.34. The molecule has 8 nitrogen and oxygen atoms in total. The number of nitrogens with one attached hydrogen (secondary N) is 2. The second-order valence-electron chi connectivity index (χ2n) is 8.52. The molecule has 170 valence electrons. The predicted molar refractivity (Wildman–Crippen MR) is 134 cm³/mol. The van der Waals surface area contributed by atoms with E-state index >= 15 is 0 Å². The number of rotatable bonds is 4. The quantitative estimate of drug-likeness (QED) is 0.402. The van der Waals surface area contributed by atoms with Crippen LogP contribution in [0.5, 0.6) is 0 Å². The van der Waals surface area contributed by atoms with Crippen molar-refractivity contribution in [3.63, 3.8) is 0 Å². The van der Waals surface area contributed by atoms with Crippen LogP contribution < -0.4 is 21.3 Å². The molecule has 34 heavy (non-hydrogen) atoms. The van der Waals surface area contributed by atoms with Crippen molar-refractivity contribution in [2.24, 2.45) is 5.73 Å². The van der Waals surface area contributed by atoms with Crippen LogP contribution in [0.1, 0.15) is 28.9 Å². The van der Waals surface area contributed by atoms with Gasteiger partial charge in [0, 0.05) is 30.0 Å². The number of urea groups is 1. The van der Waals surface area contributed by atoms with Gasteiger partial charge in [0.15, 0.2) is 0 Å². The Morgan fingerprint density at radius 2 is 1.94 bits per heavy atom. The van der Waals surface area contributed by atoms with Gasteiger partial charge in [-0.1, -0.05) is 30.3 Å². The van der Waals surface area contributed by atoms with E-state index in [2.05, 4.69) is 20.6 Å². The van der Waals surface area contributed by atoms with Crippen LogP contribution in [0.15, 0.2) is 60.9 Å². The van der Waals surface area contributed by atoms with Gasteiger partial charge in [0.1, 0.15) is 9.71 Å². The first-order valence-corrected chi connectivity index (χ1v) is 12.0. The lowest BCUT2D eigenvalue weighted by Crippen LogP contribution is -2.44. The summed E-state index contributed by atoms with van der Waals surface area (Å²) in [5, 5.41) is 6.75. The maximum atomic E-state index is 13.3. The van der Waals surface area contributed by atoms with Crippen LogP contribution in [0.3, 0.4) is 0 Å². The Bertz CT molecular complexity index is 1420. The highest BCUT2D eigenvalue weighted by atomic mass is 32.1. The van der Waals surface area contributed by atoms with E-state index in [4.69, 9.17) is 5.73 Å². The lowest BCUT2D eigenvalue weighted by Gasteiger charge is -2.28. The molecule has 0 radical (unpaired) electrons. The van der Waals surface area contributed by atoms with Crippen LogP contribution in [0.4, 0.5) is 21.9 Å². The van der Waals surface area contributed by atoms with Crippen molar-refractivity contribution in [3.8, 4) is 11.3 Å². The molecular weight excluding hydrogens is 448 g/mol. The van der Waals surface area contributed by atoms with Gasteiger partial charge in [-0.25, -0.2) is 9.78 Å². The molecule has 0 saturated heterocycles. The number of benzene rings is 1. The van der Waals surface area contributed by atoms with Gasteiger partial charge in [-0.2, -0.15) is 0 Å². The number of hydrogen-bond acceptors (Lipinski definition) is 6. The van der Waals surface area contributed by atoms with Crippen LogP contribution in [0.2, 0.25) is 0 Å². The van der Waals surface area contributed by atoms with E-state index in [9.17, 15) is 9.59 Å². The number of carbonyl (C=O) groups excluding carboxylic acids is 2. The maximum Gasteiger partial charge on any atom is 0.331 e. The van der Waals surface area contributed by atoms with Crippen molar-refractivity contribution in [3.05, 3.63) is 65.8 Å². The summed E-state index contributed by atoms with van der Waals surface area (Å²) in [4.78, 5) is 38.2. The van der Waals surface area contributed by atoms with Gasteiger partial charge in [-0.3, -0.25) is 14.7 Å². The minimum atomic E-state index is -0.338. The first-order chi connectivity index (χ1) is 16.6. The highest BCUT2D eigenvalue weighted by molar-refractivity contribution is 7.21. The largest absolute Gasteiger partial charge is 0.347 e. The summed E-state index contributed by atoms with van der Waals surface area (Å²) in [7, 11) is 0. The van der Waals surface area contributed by atoms with E-state index < -0.39 is 0 Å². The van der Waals surface area contributed by atoms with Crippen molar-refractivity contribution >= 4 is 50.6 Å². The molecule has 1 aliphatic carbocycles. The van der Waals surface area contributed by atoms with Crippen molar-refractivity contribution in [1.29, 1.82) is 0 Å². The zero-order chi connectivity index (χ0) is 23.2.